The normalized spacial score (nSPS) is 11.3. The monoisotopic (exact) mass is 376 g/mol. The molecule has 0 aliphatic rings. The van der Waals surface area contributed by atoms with Crippen molar-refractivity contribution in [1.29, 1.82) is 0 Å². The molecule has 2 aromatic heterocycles. The smallest absolute Gasteiger partial charge is 0.416 e. The minimum absolute atomic E-state index is 0.0240. The molecule has 2 heterocycles. The average Bonchev–Trinajstić information content (AvgIpc) is 2.66. The van der Waals surface area contributed by atoms with Crippen molar-refractivity contribution in [2.45, 2.75) is 12.8 Å². The minimum atomic E-state index is -4.40. The maximum absolute atomic E-state index is 12.8. The van der Waals surface area contributed by atoms with E-state index >= 15 is 0 Å². The summed E-state index contributed by atoms with van der Waals surface area (Å²) in [5.74, 6) is 0.629. The van der Waals surface area contributed by atoms with E-state index in [0.29, 0.717) is 28.4 Å². The highest BCUT2D eigenvalue weighted by molar-refractivity contribution is 5.62. The zero-order valence-electron chi connectivity index (χ0n) is 14.2. The number of hydrogen-bond donors (Lipinski definition) is 1. The summed E-state index contributed by atoms with van der Waals surface area (Å²) in [6.07, 6.45) is -2.90. The number of methoxy groups -OCH3 is 1. The van der Waals surface area contributed by atoms with Gasteiger partial charge in [-0.3, -0.25) is 4.98 Å². The van der Waals surface area contributed by atoms with Crippen LogP contribution >= 0.6 is 0 Å². The second-order valence-electron chi connectivity index (χ2n) is 5.56. The molecule has 0 radical (unpaired) electrons. The van der Waals surface area contributed by atoms with Gasteiger partial charge in [-0.05, 0) is 29.8 Å². The van der Waals surface area contributed by atoms with Crippen LogP contribution in [0.15, 0.2) is 48.7 Å². The number of halogens is 3. The predicted octanol–water partition coefficient (Wildman–Crippen LogP) is 3.73. The van der Waals surface area contributed by atoms with Gasteiger partial charge in [-0.25, -0.2) is 0 Å². The Balaban J connectivity index is 1.76. The summed E-state index contributed by atoms with van der Waals surface area (Å²) in [6.45, 7) is -0.0240. The third-order valence-corrected chi connectivity index (χ3v) is 3.63. The second kappa shape index (κ2) is 7.48. The molecular weight excluding hydrogens is 361 g/mol. The van der Waals surface area contributed by atoms with Crippen molar-refractivity contribution in [3.63, 3.8) is 0 Å². The van der Waals surface area contributed by atoms with Gasteiger partial charge in [0.25, 0.3) is 5.88 Å². The Morgan fingerprint density at radius 3 is 2.56 bits per heavy atom. The molecule has 3 rings (SSSR count). The number of benzene rings is 1. The summed E-state index contributed by atoms with van der Waals surface area (Å²) in [5.41, 5.74) is 6.67. The SMILES string of the molecule is COc1nnc(-c2cc(OCc3cccc(C(F)(F)F)c3)ccn2)cc1N. The molecular formula is C18H15F3N4O2. The molecule has 0 saturated heterocycles. The number of anilines is 1. The van der Waals surface area contributed by atoms with Crippen LogP contribution < -0.4 is 15.2 Å². The number of nitrogens with zero attached hydrogens (tertiary/aromatic N) is 3. The zero-order valence-corrected chi connectivity index (χ0v) is 14.2. The van der Waals surface area contributed by atoms with Gasteiger partial charge < -0.3 is 15.2 Å². The standard InChI is InChI=1S/C18H15F3N4O2/c1-26-17-14(22)9-16(24-25-17)15-8-13(5-6-23-15)27-10-11-3-2-4-12(7-11)18(19,20)21/h2-9H,10H2,1H3,(H2,22,24). The van der Waals surface area contributed by atoms with Crippen LogP contribution in [-0.4, -0.2) is 22.3 Å². The van der Waals surface area contributed by atoms with Gasteiger partial charge in [-0.2, -0.15) is 13.2 Å². The quantitative estimate of drug-likeness (QED) is 0.731. The summed E-state index contributed by atoms with van der Waals surface area (Å²) >= 11 is 0. The largest absolute Gasteiger partial charge is 0.489 e. The van der Waals surface area contributed by atoms with Crippen molar-refractivity contribution in [1.82, 2.24) is 15.2 Å². The molecule has 0 saturated carbocycles. The van der Waals surface area contributed by atoms with Crippen molar-refractivity contribution < 1.29 is 22.6 Å². The van der Waals surface area contributed by atoms with E-state index in [4.69, 9.17) is 15.2 Å². The lowest BCUT2D eigenvalue weighted by atomic mass is 10.1. The molecule has 3 aromatic rings. The number of ether oxygens (including phenoxy) is 2. The fourth-order valence-corrected chi connectivity index (χ4v) is 2.32. The van der Waals surface area contributed by atoms with E-state index in [-0.39, 0.29) is 12.5 Å². The predicted molar refractivity (Wildman–Crippen MR) is 92.0 cm³/mol. The third-order valence-electron chi connectivity index (χ3n) is 3.63. The number of alkyl halides is 3. The molecule has 2 N–H and O–H groups in total. The third kappa shape index (κ3) is 4.43. The Hall–Kier alpha value is -3.36. The number of aromatic nitrogens is 3. The lowest BCUT2D eigenvalue weighted by Crippen LogP contribution is -2.06. The van der Waals surface area contributed by atoms with Gasteiger partial charge in [0.2, 0.25) is 0 Å². The number of nitrogen functional groups attached to an aromatic ring is 1. The Labute approximate surface area is 152 Å². The molecule has 0 bridgehead atoms. The Morgan fingerprint density at radius 2 is 1.85 bits per heavy atom. The van der Waals surface area contributed by atoms with Crippen molar-refractivity contribution in [2.75, 3.05) is 12.8 Å². The first-order chi connectivity index (χ1) is 12.9. The van der Waals surface area contributed by atoms with Gasteiger partial charge in [-0.1, -0.05) is 12.1 Å². The topological polar surface area (TPSA) is 83.2 Å². The van der Waals surface area contributed by atoms with E-state index in [2.05, 4.69) is 15.2 Å². The van der Waals surface area contributed by atoms with E-state index in [1.807, 2.05) is 0 Å². The van der Waals surface area contributed by atoms with Crippen LogP contribution in [0.2, 0.25) is 0 Å². The Bertz CT molecular complexity index is 948. The van der Waals surface area contributed by atoms with E-state index in [0.717, 1.165) is 12.1 Å². The van der Waals surface area contributed by atoms with Crippen molar-refractivity contribution >= 4 is 5.69 Å². The molecule has 27 heavy (non-hydrogen) atoms. The van der Waals surface area contributed by atoms with E-state index in [1.54, 1.807) is 24.3 Å². The minimum Gasteiger partial charge on any atom is -0.489 e. The van der Waals surface area contributed by atoms with Gasteiger partial charge in [0, 0.05) is 12.3 Å². The molecule has 0 unspecified atom stereocenters. The van der Waals surface area contributed by atoms with Crippen LogP contribution in [0.25, 0.3) is 11.4 Å². The molecule has 0 spiro atoms. The van der Waals surface area contributed by atoms with Crippen LogP contribution in [0.5, 0.6) is 11.6 Å². The maximum atomic E-state index is 12.8. The molecule has 0 aliphatic carbocycles. The van der Waals surface area contributed by atoms with Crippen LogP contribution in [0, 0.1) is 0 Å². The molecule has 9 heteroatoms. The van der Waals surface area contributed by atoms with Crippen LogP contribution in [0.4, 0.5) is 18.9 Å². The van der Waals surface area contributed by atoms with E-state index in [1.165, 1.54) is 19.4 Å². The molecule has 0 aliphatic heterocycles. The van der Waals surface area contributed by atoms with Crippen molar-refractivity contribution in [3.05, 3.63) is 59.8 Å². The lowest BCUT2D eigenvalue weighted by molar-refractivity contribution is -0.137. The number of hydrogen-bond acceptors (Lipinski definition) is 6. The summed E-state index contributed by atoms with van der Waals surface area (Å²) in [4.78, 5) is 4.18. The fourth-order valence-electron chi connectivity index (χ4n) is 2.32. The molecule has 0 amide bonds. The number of nitrogens with two attached hydrogens (primary N) is 1. The highest BCUT2D eigenvalue weighted by Gasteiger charge is 2.30. The first-order valence-corrected chi connectivity index (χ1v) is 7.79. The van der Waals surface area contributed by atoms with Gasteiger partial charge in [0.05, 0.1) is 24.1 Å². The molecule has 0 fully saturated rings. The van der Waals surface area contributed by atoms with Gasteiger partial charge in [0.15, 0.2) is 0 Å². The van der Waals surface area contributed by atoms with Crippen molar-refractivity contribution in [3.8, 4) is 23.0 Å². The average molecular weight is 376 g/mol. The summed E-state index contributed by atoms with van der Waals surface area (Å²) in [6, 6.07) is 9.73. The molecule has 0 atom stereocenters. The Morgan fingerprint density at radius 1 is 1.04 bits per heavy atom. The first-order valence-electron chi connectivity index (χ1n) is 7.79. The highest BCUT2D eigenvalue weighted by Crippen LogP contribution is 2.30. The second-order valence-corrected chi connectivity index (χ2v) is 5.56. The maximum Gasteiger partial charge on any atom is 0.416 e. The number of pyridine rings is 1. The van der Waals surface area contributed by atoms with Gasteiger partial charge in [0.1, 0.15) is 18.1 Å². The lowest BCUT2D eigenvalue weighted by Gasteiger charge is -2.10. The zero-order chi connectivity index (χ0) is 19.4. The van der Waals surface area contributed by atoms with Crippen molar-refractivity contribution in [2.24, 2.45) is 0 Å². The Kier molecular flexibility index (Phi) is 5.11. The van der Waals surface area contributed by atoms with Gasteiger partial charge in [-0.15, -0.1) is 10.2 Å². The van der Waals surface area contributed by atoms with Crippen LogP contribution in [0.1, 0.15) is 11.1 Å². The number of rotatable bonds is 5. The molecule has 1 aromatic carbocycles. The van der Waals surface area contributed by atoms with Crippen LogP contribution in [-0.2, 0) is 12.8 Å². The molecule has 140 valence electrons. The first kappa shape index (κ1) is 18.4. The van der Waals surface area contributed by atoms with Crippen LogP contribution in [0.3, 0.4) is 0 Å². The fraction of sp³-hybridized carbons (Fsp3) is 0.167. The van der Waals surface area contributed by atoms with E-state index in [9.17, 15) is 13.2 Å². The highest BCUT2D eigenvalue weighted by atomic mass is 19.4. The summed E-state index contributed by atoms with van der Waals surface area (Å²) < 4.78 is 48.9. The summed E-state index contributed by atoms with van der Waals surface area (Å²) in [5, 5.41) is 7.83. The van der Waals surface area contributed by atoms with Gasteiger partial charge >= 0.3 is 6.18 Å². The van der Waals surface area contributed by atoms with E-state index < -0.39 is 11.7 Å². The molecule has 6 nitrogen and oxygen atoms in total. The summed E-state index contributed by atoms with van der Waals surface area (Å²) in [7, 11) is 1.43.